The fraction of sp³-hybridized carbons (Fsp3) is 0.533. The standard InChI is InChI=1S/C15H22N2O/c1-2-10-17-15(12-16)13-18-11-6-9-14-7-4-3-5-8-14/h3-5,7-8,15,17H,2,6,9-11,13H2,1H3. The Morgan fingerprint density at radius 1 is 1.33 bits per heavy atom. The van der Waals surface area contributed by atoms with Gasteiger partial charge in [0.05, 0.1) is 12.7 Å². The summed E-state index contributed by atoms with van der Waals surface area (Å²) in [6.07, 6.45) is 3.06. The molecule has 0 aliphatic carbocycles. The van der Waals surface area contributed by atoms with E-state index in [1.54, 1.807) is 0 Å². The van der Waals surface area contributed by atoms with Gasteiger partial charge in [-0.05, 0) is 31.4 Å². The first kappa shape index (κ1) is 14.7. The topological polar surface area (TPSA) is 45.0 Å². The number of aryl methyl sites for hydroxylation is 1. The van der Waals surface area contributed by atoms with Crippen molar-refractivity contribution < 1.29 is 4.74 Å². The molecule has 0 spiro atoms. The Hall–Kier alpha value is -1.37. The molecule has 1 rings (SSSR count). The molecule has 3 heteroatoms. The van der Waals surface area contributed by atoms with E-state index in [4.69, 9.17) is 10.00 Å². The zero-order valence-electron chi connectivity index (χ0n) is 11.1. The molecule has 1 aromatic carbocycles. The van der Waals surface area contributed by atoms with Crippen LogP contribution < -0.4 is 5.32 Å². The number of benzene rings is 1. The van der Waals surface area contributed by atoms with Gasteiger partial charge in [0.25, 0.3) is 0 Å². The maximum absolute atomic E-state index is 8.89. The van der Waals surface area contributed by atoms with Crippen molar-refractivity contribution in [2.75, 3.05) is 19.8 Å². The molecule has 1 atom stereocenters. The summed E-state index contributed by atoms with van der Waals surface area (Å²) >= 11 is 0. The summed E-state index contributed by atoms with van der Waals surface area (Å²) < 4.78 is 5.52. The molecule has 0 amide bonds. The minimum atomic E-state index is -0.179. The average molecular weight is 246 g/mol. The lowest BCUT2D eigenvalue weighted by Gasteiger charge is -2.11. The van der Waals surface area contributed by atoms with E-state index in [9.17, 15) is 0 Å². The highest BCUT2D eigenvalue weighted by Crippen LogP contribution is 2.02. The van der Waals surface area contributed by atoms with E-state index in [0.717, 1.165) is 25.8 Å². The fourth-order valence-corrected chi connectivity index (χ4v) is 1.68. The molecule has 0 fully saturated rings. The third-order valence-electron chi connectivity index (χ3n) is 2.68. The van der Waals surface area contributed by atoms with Gasteiger partial charge in [0.1, 0.15) is 6.04 Å². The highest BCUT2D eigenvalue weighted by Gasteiger charge is 2.04. The molecule has 0 radical (unpaired) electrons. The Kier molecular flexibility index (Phi) is 7.87. The first-order valence-electron chi connectivity index (χ1n) is 6.61. The zero-order valence-corrected chi connectivity index (χ0v) is 11.1. The van der Waals surface area contributed by atoms with Gasteiger partial charge in [0, 0.05) is 6.61 Å². The predicted molar refractivity (Wildman–Crippen MR) is 73.3 cm³/mol. The lowest BCUT2D eigenvalue weighted by molar-refractivity contribution is 0.121. The molecule has 3 nitrogen and oxygen atoms in total. The van der Waals surface area contributed by atoms with Crippen LogP contribution in [0.15, 0.2) is 30.3 Å². The number of nitrogens with one attached hydrogen (secondary N) is 1. The van der Waals surface area contributed by atoms with E-state index in [0.29, 0.717) is 13.2 Å². The SMILES string of the molecule is CCCNC(C#N)COCCCc1ccccc1. The molecule has 0 aliphatic rings. The molecule has 0 aliphatic heterocycles. The summed E-state index contributed by atoms with van der Waals surface area (Å²) in [5.41, 5.74) is 1.34. The molecule has 0 saturated heterocycles. The normalized spacial score (nSPS) is 12.0. The van der Waals surface area contributed by atoms with Crippen LogP contribution in [0.25, 0.3) is 0 Å². The van der Waals surface area contributed by atoms with Crippen LogP contribution in [0.1, 0.15) is 25.3 Å². The number of hydrogen-bond donors (Lipinski definition) is 1. The van der Waals surface area contributed by atoms with Gasteiger partial charge in [-0.15, -0.1) is 0 Å². The van der Waals surface area contributed by atoms with Gasteiger partial charge < -0.3 is 10.1 Å². The summed E-state index contributed by atoms with van der Waals surface area (Å²) in [5.74, 6) is 0. The lowest BCUT2D eigenvalue weighted by Crippen LogP contribution is -2.32. The number of ether oxygens (including phenoxy) is 1. The number of rotatable bonds is 9. The number of nitrogens with zero attached hydrogens (tertiary/aromatic N) is 1. The van der Waals surface area contributed by atoms with Crippen LogP contribution in [0.4, 0.5) is 0 Å². The molecule has 1 unspecified atom stereocenters. The van der Waals surface area contributed by atoms with Crippen molar-refractivity contribution in [2.45, 2.75) is 32.2 Å². The van der Waals surface area contributed by atoms with Crippen molar-refractivity contribution >= 4 is 0 Å². The highest BCUT2D eigenvalue weighted by atomic mass is 16.5. The van der Waals surface area contributed by atoms with Gasteiger partial charge in [-0.25, -0.2) is 0 Å². The van der Waals surface area contributed by atoms with E-state index in [2.05, 4.69) is 42.6 Å². The van der Waals surface area contributed by atoms with Crippen LogP contribution in [0.3, 0.4) is 0 Å². The van der Waals surface area contributed by atoms with E-state index in [-0.39, 0.29) is 6.04 Å². The van der Waals surface area contributed by atoms with Gasteiger partial charge in [-0.1, -0.05) is 37.3 Å². The van der Waals surface area contributed by atoms with Gasteiger partial charge >= 0.3 is 0 Å². The summed E-state index contributed by atoms with van der Waals surface area (Å²) in [4.78, 5) is 0. The summed E-state index contributed by atoms with van der Waals surface area (Å²) in [6.45, 7) is 4.14. The Morgan fingerprint density at radius 3 is 2.78 bits per heavy atom. The zero-order chi connectivity index (χ0) is 13.1. The Balaban J connectivity index is 2.06. The molecule has 18 heavy (non-hydrogen) atoms. The quantitative estimate of drug-likeness (QED) is 0.681. The fourth-order valence-electron chi connectivity index (χ4n) is 1.68. The van der Waals surface area contributed by atoms with E-state index in [1.807, 2.05) is 6.07 Å². The molecule has 98 valence electrons. The lowest BCUT2D eigenvalue weighted by atomic mass is 10.1. The first-order valence-corrected chi connectivity index (χ1v) is 6.61. The van der Waals surface area contributed by atoms with Crippen molar-refractivity contribution in [3.8, 4) is 6.07 Å². The second-order valence-corrected chi connectivity index (χ2v) is 4.30. The summed E-state index contributed by atoms with van der Waals surface area (Å²) in [6, 6.07) is 12.4. The summed E-state index contributed by atoms with van der Waals surface area (Å²) in [5, 5.41) is 12.0. The van der Waals surface area contributed by atoms with Crippen molar-refractivity contribution in [3.05, 3.63) is 35.9 Å². The largest absolute Gasteiger partial charge is 0.379 e. The van der Waals surface area contributed by atoms with Crippen molar-refractivity contribution in [2.24, 2.45) is 0 Å². The highest BCUT2D eigenvalue weighted by molar-refractivity contribution is 5.14. The minimum Gasteiger partial charge on any atom is -0.379 e. The molecule has 1 N–H and O–H groups in total. The Labute approximate surface area is 110 Å². The number of nitriles is 1. The van der Waals surface area contributed by atoms with Crippen LogP contribution in [-0.2, 0) is 11.2 Å². The second kappa shape index (κ2) is 9.64. The second-order valence-electron chi connectivity index (χ2n) is 4.30. The molecule has 0 bridgehead atoms. The van der Waals surface area contributed by atoms with Crippen molar-refractivity contribution in [1.82, 2.24) is 5.32 Å². The van der Waals surface area contributed by atoms with Crippen LogP contribution in [0.2, 0.25) is 0 Å². The predicted octanol–water partition coefficient (Wildman–Crippen LogP) is 2.53. The molecule has 0 heterocycles. The molecular formula is C15H22N2O. The maximum atomic E-state index is 8.89. The van der Waals surface area contributed by atoms with Crippen LogP contribution in [0.5, 0.6) is 0 Å². The van der Waals surface area contributed by atoms with Crippen LogP contribution in [0, 0.1) is 11.3 Å². The van der Waals surface area contributed by atoms with Crippen molar-refractivity contribution in [1.29, 1.82) is 5.26 Å². The number of hydrogen-bond acceptors (Lipinski definition) is 3. The van der Waals surface area contributed by atoms with Gasteiger partial charge in [-0.3, -0.25) is 0 Å². The monoisotopic (exact) mass is 246 g/mol. The first-order chi connectivity index (χ1) is 8.86. The third kappa shape index (κ3) is 6.39. The smallest absolute Gasteiger partial charge is 0.119 e. The van der Waals surface area contributed by atoms with Gasteiger partial charge in [-0.2, -0.15) is 5.26 Å². The molecule has 0 saturated carbocycles. The Bertz CT molecular complexity index is 345. The van der Waals surface area contributed by atoms with Crippen LogP contribution in [-0.4, -0.2) is 25.8 Å². The van der Waals surface area contributed by atoms with E-state index >= 15 is 0 Å². The van der Waals surface area contributed by atoms with Gasteiger partial charge in [0.2, 0.25) is 0 Å². The van der Waals surface area contributed by atoms with Gasteiger partial charge in [0.15, 0.2) is 0 Å². The average Bonchev–Trinajstić information content (AvgIpc) is 2.43. The molecule has 1 aromatic rings. The van der Waals surface area contributed by atoms with E-state index in [1.165, 1.54) is 5.56 Å². The molecular weight excluding hydrogens is 224 g/mol. The maximum Gasteiger partial charge on any atom is 0.119 e. The third-order valence-corrected chi connectivity index (χ3v) is 2.68. The van der Waals surface area contributed by atoms with E-state index < -0.39 is 0 Å². The van der Waals surface area contributed by atoms with Crippen LogP contribution >= 0.6 is 0 Å². The summed E-state index contributed by atoms with van der Waals surface area (Å²) in [7, 11) is 0. The minimum absolute atomic E-state index is 0.179. The molecule has 0 aromatic heterocycles. The van der Waals surface area contributed by atoms with Crippen molar-refractivity contribution in [3.63, 3.8) is 0 Å². The Morgan fingerprint density at radius 2 is 2.11 bits per heavy atom.